The third-order valence-corrected chi connectivity index (χ3v) is 4.59. The number of hydrogen-bond donors (Lipinski definition) is 2. The van der Waals surface area contributed by atoms with Crippen LogP contribution in [0.3, 0.4) is 0 Å². The number of carbonyl (C=O) groups excluding carboxylic acids is 2. The predicted molar refractivity (Wildman–Crippen MR) is 98.0 cm³/mol. The minimum atomic E-state index is -0.446. The van der Waals surface area contributed by atoms with Crippen molar-refractivity contribution < 1.29 is 14.3 Å². The lowest BCUT2D eigenvalue weighted by molar-refractivity contribution is -0.117. The summed E-state index contributed by atoms with van der Waals surface area (Å²) in [5, 5.41) is 5.69. The molecule has 1 atom stereocenters. The summed E-state index contributed by atoms with van der Waals surface area (Å²) >= 11 is 1.30. The molecule has 0 aliphatic heterocycles. The van der Waals surface area contributed by atoms with Crippen LogP contribution in [0.5, 0.6) is 5.75 Å². The van der Waals surface area contributed by atoms with Gasteiger partial charge in [0.25, 0.3) is 5.91 Å². The molecule has 6 nitrogen and oxygen atoms in total. The number of carbonyl (C=O) groups is 2. The Hall–Kier alpha value is -2.67. The number of methoxy groups -OCH3 is 1. The summed E-state index contributed by atoms with van der Waals surface area (Å²) in [6, 6.07) is 6.90. The third-order valence-electron chi connectivity index (χ3n) is 3.74. The molecule has 2 amide bonds. The molecule has 0 radical (unpaired) electrons. The number of aryl methyl sites for hydroxylation is 2. The highest BCUT2D eigenvalue weighted by Gasteiger charge is 2.21. The first-order valence-electron chi connectivity index (χ1n) is 7.74. The van der Waals surface area contributed by atoms with Crippen molar-refractivity contribution in [3.8, 4) is 5.75 Å². The number of benzene rings is 1. The number of nitrogens with zero attached hydrogens (tertiary/aromatic N) is 1. The van der Waals surface area contributed by atoms with Gasteiger partial charge in [0.1, 0.15) is 5.75 Å². The van der Waals surface area contributed by atoms with E-state index in [0.29, 0.717) is 17.0 Å². The Morgan fingerprint density at radius 3 is 2.68 bits per heavy atom. The summed E-state index contributed by atoms with van der Waals surface area (Å²) in [5.74, 6) is 0.0990. The van der Waals surface area contributed by atoms with Crippen LogP contribution in [0.15, 0.2) is 36.9 Å². The fraction of sp³-hybridized carbons (Fsp3) is 0.278. The number of amides is 2. The highest BCUT2D eigenvalue weighted by Crippen LogP contribution is 2.25. The zero-order chi connectivity index (χ0) is 18.4. The number of nitrogens with one attached hydrogen (secondary N) is 2. The average Bonchev–Trinajstić information content (AvgIpc) is 2.96. The lowest BCUT2D eigenvalue weighted by atomic mass is 10.0. The summed E-state index contributed by atoms with van der Waals surface area (Å²) < 4.78 is 9.55. The Balaban J connectivity index is 2.20. The van der Waals surface area contributed by atoms with Gasteiger partial charge in [-0.25, -0.2) is 0 Å². The molecular weight excluding hydrogens is 338 g/mol. The molecule has 1 unspecified atom stereocenters. The van der Waals surface area contributed by atoms with Crippen LogP contribution in [0.1, 0.15) is 32.5 Å². The predicted octanol–water partition coefficient (Wildman–Crippen LogP) is 2.54. The highest BCUT2D eigenvalue weighted by atomic mass is 32.1. The average molecular weight is 359 g/mol. The fourth-order valence-electron chi connectivity index (χ4n) is 2.51. The van der Waals surface area contributed by atoms with E-state index in [4.69, 9.17) is 4.74 Å². The van der Waals surface area contributed by atoms with E-state index in [9.17, 15) is 9.59 Å². The smallest absolute Gasteiger partial charge is 0.254 e. The first kappa shape index (κ1) is 18.7. The number of rotatable bonds is 7. The van der Waals surface area contributed by atoms with Crippen molar-refractivity contribution in [2.45, 2.75) is 19.9 Å². The largest absolute Gasteiger partial charge is 0.496 e. The van der Waals surface area contributed by atoms with Crippen molar-refractivity contribution in [2.24, 2.45) is 0 Å². The second kappa shape index (κ2) is 8.43. The van der Waals surface area contributed by atoms with Gasteiger partial charge in [0.05, 0.1) is 24.4 Å². The lowest BCUT2D eigenvalue weighted by Crippen LogP contribution is -2.37. The van der Waals surface area contributed by atoms with E-state index in [2.05, 4.69) is 21.6 Å². The Kier molecular flexibility index (Phi) is 6.30. The first-order chi connectivity index (χ1) is 12.0. The second-order valence-corrected chi connectivity index (χ2v) is 6.39. The zero-order valence-electron chi connectivity index (χ0n) is 14.5. The summed E-state index contributed by atoms with van der Waals surface area (Å²) in [5.41, 5.74) is 2.06. The molecule has 0 aliphatic rings. The molecule has 2 N–H and O–H groups in total. The van der Waals surface area contributed by atoms with Gasteiger partial charge in [-0.15, -0.1) is 0 Å². The monoisotopic (exact) mass is 359 g/mol. The van der Waals surface area contributed by atoms with E-state index in [1.807, 2.05) is 25.1 Å². The maximum atomic E-state index is 12.5. The van der Waals surface area contributed by atoms with E-state index in [0.717, 1.165) is 10.4 Å². The van der Waals surface area contributed by atoms with Crippen LogP contribution in [0.4, 0.5) is 0 Å². The Labute approximate surface area is 151 Å². The number of para-hydroxylation sites is 1. The Morgan fingerprint density at radius 1 is 1.36 bits per heavy atom. The van der Waals surface area contributed by atoms with Crippen molar-refractivity contribution >= 4 is 23.3 Å². The molecule has 132 valence electrons. The van der Waals surface area contributed by atoms with E-state index < -0.39 is 6.04 Å². The molecule has 0 saturated heterocycles. The summed E-state index contributed by atoms with van der Waals surface area (Å²) in [4.78, 5) is 25.1. The molecule has 2 aromatic rings. The number of hydrogen-bond acceptors (Lipinski definition) is 5. The summed E-state index contributed by atoms with van der Waals surface area (Å²) in [7, 11) is 1.56. The van der Waals surface area contributed by atoms with E-state index in [1.54, 1.807) is 20.1 Å². The molecule has 7 heteroatoms. The van der Waals surface area contributed by atoms with Gasteiger partial charge in [-0.2, -0.15) is 4.37 Å². The maximum absolute atomic E-state index is 12.5. The lowest BCUT2D eigenvalue weighted by Gasteiger charge is -2.21. The summed E-state index contributed by atoms with van der Waals surface area (Å²) in [6.45, 7) is 7.35. The maximum Gasteiger partial charge on any atom is 0.254 e. The Morgan fingerprint density at radius 2 is 2.08 bits per heavy atom. The molecule has 0 saturated carbocycles. The third kappa shape index (κ3) is 4.45. The van der Waals surface area contributed by atoms with Crippen LogP contribution in [0.25, 0.3) is 0 Å². The minimum Gasteiger partial charge on any atom is -0.496 e. The van der Waals surface area contributed by atoms with Crippen molar-refractivity contribution in [2.75, 3.05) is 13.7 Å². The topological polar surface area (TPSA) is 80.3 Å². The molecule has 0 bridgehead atoms. The normalized spacial score (nSPS) is 11.5. The molecular formula is C18H21N3O3S. The molecule has 1 heterocycles. The van der Waals surface area contributed by atoms with Crippen LogP contribution in [-0.4, -0.2) is 29.8 Å². The van der Waals surface area contributed by atoms with Gasteiger partial charge in [0, 0.05) is 17.0 Å². The van der Waals surface area contributed by atoms with Gasteiger partial charge in [-0.1, -0.05) is 24.8 Å². The van der Waals surface area contributed by atoms with Gasteiger partial charge in [0.15, 0.2) is 0 Å². The van der Waals surface area contributed by atoms with Gasteiger partial charge in [-0.05, 0) is 37.5 Å². The number of ether oxygens (including phenoxy) is 1. The molecule has 1 aromatic heterocycles. The number of aromatic nitrogens is 1. The van der Waals surface area contributed by atoms with Gasteiger partial charge in [0.2, 0.25) is 5.91 Å². The van der Waals surface area contributed by atoms with Gasteiger partial charge in [-0.3, -0.25) is 9.59 Å². The van der Waals surface area contributed by atoms with Crippen molar-refractivity contribution in [3.05, 3.63) is 58.6 Å². The molecule has 0 aliphatic carbocycles. The van der Waals surface area contributed by atoms with Crippen molar-refractivity contribution in [1.82, 2.24) is 15.0 Å². The van der Waals surface area contributed by atoms with Gasteiger partial charge >= 0.3 is 0 Å². The fourth-order valence-corrected chi connectivity index (χ4v) is 3.21. The standard InChI is InChI=1S/C18H21N3O3S/c1-5-16(22)20-14(13-8-6-7-9-15(13)24-4)10-19-18(23)17-11(2)21-25-12(17)3/h5-9,14H,1,10H2,2-4H3,(H,19,23)(H,20,22). The quantitative estimate of drug-likeness (QED) is 0.745. The van der Waals surface area contributed by atoms with Crippen LogP contribution >= 0.6 is 11.5 Å². The molecule has 1 aromatic carbocycles. The summed E-state index contributed by atoms with van der Waals surface area (Å²) in [6.07, 6.45) is 1.20. The first-order valence-corrected chi connectivity index (χ1v) is 8.52. The van der Waals surface area contributed by atoms with Crippen LogP contribution in [0, 0.1) is 13.8 Å². The SMILES string of the molecule is C=CC(=O)NC(CNC(=O)c1c(C)nsc1C)c1ccccc1OC. The minimum absolute atomic E-state index is 0.212. The molecule has 0 fully saturated rings. The second-order valence-electron chi connectivity index (χ2n) is 5.42. The van der Waals surface area contributed by atoms with Crippen molar-refractivity contribution in [3.63, 3.8) is 0 Å². The zero-order valence-corrected chi connectivity index (χ0v) is 15.3. The molecule has 25 heavy (non-hydrogen) atoms. The van der Waals surface area contributed by atoms with Crippen LogP contribution < -0.4 is 15.4 Å². The molecule has 2 rings (SSSR count). The Bertz CT molecular complexity index is 766. The van der Waals surface area contributed by atoms with Crippen molar-refractivity contribution in [1.29, 1.82) is 0 Å². The highest BCUT2D eigenvalue weighted by molar-refractivity contribution is 7.06. The van der Waals surface area contributed by atoms with Crippen LogP contribution in [0.2, 0.25) is 0 Å². The molecule has 0 spiro atoms. The van der Waals surface area contributed by atoms with Crippen LogP contribution in [-0.2, 0) is 4.79 Å². The van der Waals surface area contributed by atoms with Gasteiger partial charge < -0.3 is 15.4 Å². The van der Waals surface area contributed by atoms with E-state index in [1.165, 1.54) is 17.6 Å². The van der Waals surface area contributed by atoms with E-state index in [-0.39, 0.29) is 18.4 Å². The van der Waals surface area contributed by atoms with E-state index >= 15 is 0 Å².